The van der Waals surface area contributed by atoms with E-state index in [4.69, 9.17) is 4.74 Å². The Kier molecular flexibility index (Phi) is 4.20. The maximum absolute atomic E-state index is 5.61. The second-order valence-corrected chi connectivity index (χ2v) is 4.95. The molecule has 0 saturated carbocycles. The molecule has 0 aliphatic heterocycles. The van der Waals surface area contributed by atoms with Crippen LogP contribution < -0.4 is 10.1 Å². The number of hydrogen-bond donors (Lipinski definition) is 1. The topological polar surface area (TPSA) is 34.2 Å². The van der Waals surface area contributed by atoms with Crippen molar-refractivity contribution in [2.24, 2.45) is 0 Å². The van der Waals surface area contributed by atoms with E-state index in [2.05, 4.69) is 30.2 Å². The van der Waals surface area contributed by atoms with Gasteiger partial charge in [-0.15, -0.1) is 0 Å². The minimum atomic E-state index is 0.769. The van der Waals surface area contributed by atoms with Crippen molar-refractivity contribution in [2.75, 3.05) is 18.5 Å². The number of nitrogens with one attached hydrogen (secondary N) is 1. The van der Waals surface area contributed by atoms with Gasteiger partial charge < -0.3 is 10.1 Å². The molecule has 0 atom stereocenters. The Labute approximate surface area is 106 Å². The monoisotopic (exact) mass is 250 g/mol. The zero-order chi connectivity index (χ0) is 12.1. The summed E-state index contributed by atoms with van der Waals surface area (Å²) in [6, 6.07) is 6.08. The predicted molar refractivity (Wildman–Crippen MR) is 74.2 cm³/mol. The molecule has 4 heteroatoms. The van der Waals surface area contributed by atoms with Gasteiger partial charge >= 0.3 is 0 Å². The number of anilines is 1. The molecule has 0 bridgehead atoms. The van der Waals surface area contributed by atoms with Gasteiger partial charge in [-0.3, -0.25) is 0 Å². The minimum Gasteiger partial charge on any atom is -0.494 e. The zero-order valence-corrected chi connectivity index (χ0v) is 11.1. The molecule has 1 aromatic carbocycles. The van der Waals surface area contributed by atoms with Gasteiger partial charge in [0.25, 0.3) is 0 Å². The van der Waals surface area contributed by atoms with Crippen molar-refractivity contribution in [3.63, 3.8) is 0 Å². The Morgan fingerprint density at radius 3 is 2.94 bits per heavy atom. The number of thiazole rings is 1. The molecule has 3 nitrogen and oxygen atoms in total. The lowest BCUT2D eigenvalue weighted by Crippen LogP contribution is -1.98. The van der Waals surface area contributed by atoms with E-state index in [-0.39, 0.29) is 0 Å². The smallest absolute Gasteiger partial charge is 0.183 e. The Bertz CT molecular complexity index is 475. The Morgan fingerprint density at radius 1 is 1.29 bits per heavy atom. The van der Waals surface area contributed by atoms with Gasteiger partial charge in [-0.2, -0.15) is 0 Å². The predicted octanol–water partition coefficient (Wildman–Crippen LogP) is 3.91. The summed E-state index contributed by atoms with van der Waals surface area (Å²) in [4.78, 5) is 4.52. The van der Waals surface area contributed by atoms with E-state index in [9.17, 15) is 0 Å². The fourth-order valence-electron chi connectivity index (χ4n) is 1.52. The average molecular weight is 250 g/mol. The zero-order valence-electron chi connectivity index (χ0n) is 10.3. The summed E-state index contributed by atoms with van der Waals surface area (Å²) in [7, 11) is 0. The molecule has 0 spiro atoms. The second kappa shape index (κ2) is 5.87. The van der Waals surface area contributed by atoms with Crippen molar-refractivity contribution in [2.45, 2.75) is 26.7 Å². The Balaban J connectivity index is 2.15. The van der Waals surface area contributed by atoms with Gasteiger partial charge in [-0.1, -0.05) is 25.2 Å². The molecular weight excluding hydrogens is 232 g/mol. The normalized spacial score (nSPS) is 10.7. The molecule has 0 fully saturated rings. The third-order valence-corrected chi connectivity index (χ3v) is 3.33. The molecule has 0 saturated heterocycles. The summed E-state index contributed by atoms with van der Waals surface area (Å²) in [5.41, 5.74) is 1.04. The molecule has 0 aliphatic rings. The number of aromatic nitrogens is 1. The molecule has 1 aromatic heterocycles. The van der Waals surface area contributed by atoms with E-state index in [1.807, 2.05) is 12.1 Å². The average Bonchev–Trinajstić information content (AvgIpc) is 2.75. The molecular formula is C13H18N2OS. The summed E-state index contributed by atoms with van der Waals surface area (Å²) < 4.78 is 6.79. The lowest BCUT2D eigenvalue weighted by molar-refractivity contribution is 0.318. The first kappa shape index (κ1) is 12.2. The SMILES string of the molecule is CCCNc1nc2ccc(OCCC)cc2s1. The lowest BCUT2D eigenvalue weighted by atomic mass is 10.3. The van der Waals surface area contributed by atoms with Crippen LogP contribution in [0, 0.1) is 0 Å². The fourth-order valence-corrected chi connectivity index (χ4v) is 2.44. The van der Waals surface area contributed by atoms with E-state index < -0.39 is 0 Å². The van der Waals surface area contributed by atoms with E-state index in [0.29, 0.717) is 0 Å². The van der Waals surface area contributed by atoms with E-state index in [1.165, 1.54) is 4.70 Å². The maximum Gasteiger partial charge on any atom is 0.183 e. The van der Waals surface area contributed by atoms with Gasteiger partial charge in [0.15, 0.2) is 5.13 Å². The van der Waals surface area contributed by atoms with Crippen molar-refractivity contribution in [3.8, 4) is 5.75 Å². The van der Waals surface area contributed by atoms with Crippen LogP contribution in [-0.4, -0.2) is 18.1 Å². The Morgan fingerprint density at radius 2 is 2.18 bits per heavy atom. The van der Waals surface area contributed by atoms with E-state index >= 15 is 0 Å². The molecule has 0 amide bonds. The second-order valence-electron chi connectivity index (χ2n) is 3.92. The van der Waals surface area contributed by atoms with Crippen LogP contribution in [0.3, 0.4) is 0 Å². The quantitative estimate of drug-likeness (QED) is 0.844. The first-order valence-corrected chi connectivity index (χ1v) is 6.92. The van der Waals surface area contributed by atoms with Crippen LogP contribution in [0.1, 0.15) is 26.7 Å². The van der Waals surface area contributed by atoms with Crippen LogP contribution in [0.2, 0.25) is 0 Å². The van der Waals surface area contributed by atoms with Crippen LogP contribution in [0.4, 0.5) is 5.13 Å². The molecule has 2 rings (SSSR count). The molecule has 92 valence electrons. The maximum atomic E-state index is 5.61. The highest BCUT2D eigenvalue weighted by Gasteiger charge is 2.04. The van der Waals surface area contributed by atoms with Crippen molar-refractivity contribution < 1.29 is 4.74 Å². The van der Waals surface area contributed by atoms with Crippen LogP contribution in [0.25, 0.3) is 10.2 Å². The van der Waals surface area contributed by atoms with Crippen molar-refractivity contribution in [3.05, 3.63) is 18.2 Å². The molecule has 2 aromatic rings. The third-order valence-electron chi connectivity index (χ3n) is 2.36. The largest absolute Gasteiger partial charge is 0.494 e. The van der Waals surface area contributed by atoms with E-state index in [0.717, 1.165) is 42.4 Å². The van der Waals surface area contributed by atoms with Crippen molar-refractivity contribution in [1.82, 2.24) is 4.98 Å². The highest BCUT2D eigenvalue weighted by atomic mass is 32.1. The van der Waals surface area contributed by atoms with Crippen molar-refractivity contribution >= 4 is 26.7 Å². The van der Waals surface area contributed by atoms with Crippen LogP contribution in [-0.2, 0) is 0 Å². The highest BCUT2D eigenvalue weighted by molar-refractivity contribution is 7.22. The summed E-state index contributed by atoms with van der Waals surface area (Å²) in [5.74, 6) is 0.935. The number of fused-ring (bicyclic) bond motifs is 1. The van der Waals surface area contributed by atoms with Gasteiger partial charge in [0.2, 0.25) is 0 Å². The van der Waals surface area contributed by atoms with Crippen LogP contribution >= 0.6 is 11.3 Å². The third kappa shape index (κ3) is 3.09. The molecule has 1 heterocycles. The van der Waals surface area contributed by atoms with Gasteiger partial charge in [0.1, 0.15) is 5.75 Å². The van der Waals surface area contributed by atoms with E-state index in [1.54, 1.807) is 11.3 Å². The van der Waals surface area contributed by atoms with Crippen LogP contribution in [0.15, 0.2) is 18.2 Å². The summed E-state index contributed by atoms with van der Waals surface area (Å²) in [6.07, 6.45) is 2.14. The molecule has 0 unspecified atom stereocenters. The van der Waals surface area contributed by atoms with Gasteiger partial charge in [0.05, 0.1) is 16.8 Å². The number of hydrogen-bond acceptors (Lipinski definition) is 4. The lowest BCUT2D eigenvalue weighted by Gasteiger charge is -2.02. The fraction of sp³-hybridized carbons (Fsp3) is 0.462. The molecule has 17 heavy (non-hydrogen) atoms. The van der Waals surface area contributed by atoms with Gasteiger partial charge in [-0.25, -0.2) is 4.98 Å². The van der Waals surface area contributed by atoms with Gasteiger partial charge in [0, 0.05) is 6.54 Å². The standard InChI is InChI=1S/C13H18N2OS/c1-3-7-14-13-15-11-6-5-10(16-8-4-2)9-12(11)17-13/h5-6,9H,3-4,7-8H2,1-2H3,(H,14,15). The first-order chi connectivity index (χ1) is 8.33. The highest BCUT2D eigenvalue weighted by Crippen LogP contribution is 2.29. The molecule has 0 radical (unpaired) electrons. The van der Waals surface area contributed by atoms with Crippen molar-refractivity contribution in [1.29, 1.82) is 0 Å². The molecule has 1 N–H and O–H groups in total. The van der Waals surface area contributed by atoms with Crippen LogP contribution in [0.5, 0.6) is 5.75 Å². The summed E-state index contributed by atoms with van der Waals surface area (Å²) >= 11 is 1.68. The molecule has 0 aliphatic carbocycles. The summed E-state index contributed by atoms with van der Waals surface area (Å²) in [5, 5.41) is 4.31. The number of nitrogens with zero attached hydrogens (tertiary/aromatic N) is 1. The Hall–Kier alpha value is -1.29. The number of ether oxygens (including phenoxy) is 1. The first-order valence-electron chi connectivity index (χ1n) is 6.10. The number of rotatable bonds is 6. The summed E-state index contributed by atoms with van der Waals surface area (Å²) in [6.45, 7) is 6.00. The minimum absolute atomic E-state index is 0.769. The number of benzene rings is 1. The van der Waals surface area contributed by atoms with Gasteiger partial charge in [-0.05, 0) is 31.0 Å².